The van der Waals surface area contributed by atoms with Crippen LogP contribution in [-0.4, -0.2) is 30.3 Å². The predicted molar refractivity (Wildman–Crippen MR) is 84.6 cm³/mol. The highest BCUT2D eigenvalue weighted by Gasteiger charge is 2.23. The first-order valence-corrected chi connectivity index (χ1v) is 8.76. The molecule has 9 heteroatoms. The van der Waals surface area contributed by atoms with Crippen molar-refractivity contribution in [3.63, 3.8) is 0 Å². The molecule has 2 heterocycles. The second-order valence-electron chi connectivity index (χ2n) is 5.17. The topological polar surface area (TPSA) is 111 Å². The maximum atomic E-state index is 12.3. The fraction of sp³-hybridized carbons (Fsp3) is 0.267. The van der Waals surface area contributed by atoms with E-state index in [4.69, 9.17) is 8.94 Å². The molecular formula is C15H16N4O4S. The lowest BCUT2D eigenvalue weighted by Gasteiger charge is -2.04. The number of aromatic nitrogens is 3. The van der Waals surface area contributed by atoms with Crippen LogP contribution in [0.3, 0.4) is 0 Å². The largest absolute Gasteiger partial charge is 0.421 e. The molecule has 24 heavy (non-hydrogen) atoms. The van der Waals surface area contributed by atoms with Gasteiger partial charge in [0.1, 0.15) is 10.6 Å². The van der Waals surface area contributed by atoms with Gasteiger partial charge in [-0.1, -0.05) is 23.4 Å². The molecule has 0 aliphatic rings. The van der Waals surface area contributed by atoms with Crippen LogP contribution in [0.4, 0.5) is 0 Å². The zero-order chi connectivity index (χ0) is 17.2. The van der Waals surface area contributed by atoms with E-state index >= 15 is 0 Å². The van der Waals surface area contributed by atoms with Gasteiger partial charge in [-0.15, -0.1) is 10.2 Å². The van der Waals surface area contributed by atoms with Gasteiger partial charge < -0.3 is 8.94 Å². The van der Waals surface area contributed by atoms with Crippen molar-refractivity contribution >= 4 is 10.0 Å². The summed E-state index contributed by atoms with van der Waals surface area (Å²) >= 11 is 0. The molecule has 3 aromatic rings. The Morgan fingerprint density at radius 1 is 1.12 bits per heavy atom. The van der Waals surface area contributed by atoms with Crippen LogP contribution in [0.2, 0.25) is 0 Å². The van der Waals surface area contributed by atoms with Crippen LogP contribution in [0.5, 0.6) is 0 Å². The van der Waals surface area contributed by atoms with Crippen molar-refractivity contribution in [1.29, 1.82) is 0 Å². The van der Waals surface area contributed by atoms with Gasteiger partial charge in [0.2, 0.25) is 21.8 Å². The number of aryl methyl sites for hydroxylation is 2. The Morgan fingerprint density at radius 2 is 1.88 bits per heavy atom. The summed E-state index contributed by atoms with van der Waals surface area (Å²) in [6, 6.07) is 9.35. The Labute approximate surface area is 138 Å². The number of benzene rings is 1. The van der Waals surface area contributed by atoms with Crippen LogP contribution in [-0.2, 0) is 16.4 Å². The van der Waals surface area contributed by atoms with Crippen LogP contribution in [0.15, 0.2) is 44.2 Å². The van der Waals surface area contributed by atoms with Gasteiger partial charge in [-0.05, 0) is 26.0 Å². The number of hydrogen-bond donors (Lipinski definition) is 1. The first-order valence-electron chi connectivity index (χ1n) is 7.28. The SMILES string of the molecule is Cc1noc(C)c1S(=O)(=O)NCCc1nnc(-c2ccccc2)o1. The average Bonchev–Trinajstić information content (AvgIpc) is 3.15. The molecule has 0 aliphatic heterocycles. The second-order valence-corrected chi connectivity index (χ2v) is 6.87. The van der Waals surface area contributed by atoms with E-state index in [-0.39, 0.29) is 23.6 Å². The smallest absolute Gasteiger partial charge is 0.247 e. The third-order valence-electron chi connectivity index (χ3n) is 3.36. The van der Waals surface area contributed by atoms with Crippen molar-refractivity contribution < 1.29 is 17.4 Å². The fourth-order valence-corrected chi connectivity index (χ4v) is 3.63. The molecule has 3 rings (SSSR count). The molecule has 0 saturated heterocycles. The lowest BCUT2D eigenvalue weighted by molar-refractivity contribution is 0.390. The van der Waals surface area contributed by atoms with Crippen molar-refractivity contribution in [1.82, 2.24) is 20.1 Å². The molecule has 8 nitrogen and oxygen atoms in total. The Kier molecular flexibility index (Phi) is 4.45. The third-order valence-corrected chi connectivity index (χ3v) is 5.06. The average molecular weight is 348 g/mol. The van der Waals surface area contributed by atoms with Crippen molar-refractivity contribution in [2.75, 3.05) is 6.54 Å². The van der Waals surface area contributed by atoms with Crippen molar-refractivity contribution in [2.24, 2.45) is 0 Å². The molecule has 0 radical (unpaired) electrons. The molecule has 0 amide bonds. The van der Waals surface area contributed by atoms with Crippen LogP contribution in [0.25, 0.3) is 11.5 Å². The monoisotopic (exact) mass is 348 g/mol. The molecule has 1 aromatic carbocycles. The fourth-order valence-electron chi connectivity index (χ4n) is 2.27. The molecule has 0 atom stereocenters. The first-order chi connectivity index (χ1) is 11.5. The third kappa shape index (κ3) is 3.36. The van der Waals surface area contributed by atoms with E-state index in [1.54, 1.807) is 13.8 Å². The second kappa shape index (κ2) is 6.54. The van der Waals surface area contributed by atoms with E-state index in [1.807, 2.05) is 30.3 Å². The molecule has 2 aromatic heterocycles. The zero-order valence-corrected chi connectivity index (χ0v) is 14.0. The van der Waals surface area contributed by atoms with Gasteiger partial charge >= 0.3 is 0 Å². The predicted octanol–water partition coefficient (Wildman–Crippen LogP) is 1.86. The Bertz CT molecular complexity index is 912. The lowest BCUT2D eigenvalue weighted by Crippen LogP contribution is -2.26. The molecule has 1 N–H and O–H groups in total. The quantitative estimate of drug-likeness (QED) is 0.723. The molecule has 0 saturated carbocycles. The number of nitrogens with zero attached hydrogens (tertiary/aromatic N) is 3. The van der Waals surface area contributed by atoms with Gasteiger partial charge in [0.25, 0.3) is 0 Å². The molecular weight excluding hydrogens is 332 g/mol. The van der Waals surface area contributed by atoms with E-state index in [1.165, 1.54) is 0 Å². The van der Waals surface area contributed by atoms with E-state index in [9.17, 15) is 8.42 Å². The highest BCUT2D eigenvalue weighted by atomic mass is 32.2. The Hall–Kier alpha value is -2.52. The van der Waals surface area contributed by atoms with E-state index in [0.29, 0.717) is 17.5 Å². The molecule has 0 unspecified atom stereocenters. The summed E-state index contributed by atoms with van der Waals surface area (Å²) in [5.41, 5.74) is 1.14. The number of hydrogen-bond acceptors (Lipinski definition) is 7. The zero-order valence-electron chi connectivity index (χ0n) is 13.2. The number of nitrogens with one attached hydrogen (secondary N) is 1. The van der Waals surface area contributed by atoms with E-state index in [0.717, 1.165) is 5.56 Å². The lowest BCUT2D eigenvalue weighted by atomic mass is 10.2. The van der Waals surface area contributed by atoms with Crippen molar-refractivity contribution in [3.05, 3.63) is 47.7 Å². The summed E-state index contributed by atoms with van der Waals surface area (Å²) in [5.74, 6) is 1.01. The minimum Gasteiger partial charge on any atom is -0.421 e. The number of rotatable bonds is 6. The van der Waals surface area contributed by atoms with Gasteiger partial charge in [0.15, 0.2) is 5.76 Å². The summed E-state index contributed by atoms with van der Waals surface area (Å²) < 4.78 is 37.5. The molecule has 0 bridgehead atoms. The van der Waals surface area contributed by atoms with Gasteiger partial charge in [-0.25, -0.2) is 13.1 Å². The summed E-state index contributed by atoms with van der Waals surface area (Å²) in [4.78, 5) is 0.0676. The highest BCUT2D eigenvalue weighted by Crippen LogP contribution is 2.19. The maximum absolute atomic E-state index is 12.3. The standard InChI is InChI=1S/C15H16N4O4S/c1-10-14(11(2)23-19-10)24(20,21)16-9-8-13-17-18-15(22-13)12-6-4-3-5-7-12/h3-7,16H,8-9H2,1-2H3. The van der Waals surface area contributed by atoms with Gasteiger partial charge in [-0.2, -0.15) is 0 Å². The maximum Gasteiger partial charge on any atom is 0.247 e. The van der Waals surface area contributed by atoms with Crippen molar-refractivity contribution in [2.45, 2.75) is 25.2 Å². The normalized spacial score (nSPS) is 11.8. The van der Waals surface area contributed by atoms with E-state index < -0.39 is 10.0 Å². The molecule has 0 spiro atoms. The molecule has 126 valence electrons. The van der Waals surface area contributed by atoms with Gasteiger partial charge in [-0.3, -0.25) is 0 Å². The summed E-state index contributed by atoms with van der Waals surface area (Å²) in [7, 11) is -3.69. The summed E-state index contributed by atoms with van der Waals surface area (Å²) in [5, 5.41) is 11.5. The Morgan fingerprint density at radius 3 is 2.54 bits per heavy atom. The minimum atomic E-state index is -3.69. The van der Waals surface area contributed by atoms with Crippen LogP contribution >= 0.6 is 0 Å². The van der Waals surface area contributed by atoms with E-state index in [2.05, 4.69) is 20.1 Å². The van der Waals surface area contributed by atoms with Gasteiger partial charge in [0.05, 0.1) is 0 Å². The van der Waals surface area contributed by atoms with Crippen LogP contribution < -0.4 is 4.72 Å². The summed E-state index contributed by atoms with van der Waals surface area (Å²) in [6.45, 7) is 3.26. The van der Waals surface area contributed by atoms with Crippen LogP contribution in [0.1, 0.15) is 17.3 Å². The molecule has 0 aliphatic carbocycles. The highest BCUT2D eigenvalue weighted by molar-refractivity contribution is 7.89. The Balaban J connectivity index is 1.64. The first kappa shape index (κ1) is 16.3. The summed E-state index contributed by atoms with van der Waals surface area (Å²) in [6.07, 6.45) is 0.280. The van der Waals surface area contributed by atoms with Crippen LogP contribution in [0, 0.1) is 13.8 Å². The van der Waals surface area contributed by atoms with Crippen molar-refractivity contribution in [3.8, 4) is 11.5 Å². The van der Waals surface area contributed by atoms with Gasteiger partial charge in [0, 0.05) is 18.5 Å². The minimum absolute atomic E-state index is 0.0676. The number of sulfonamides is 1. The molecule has 0 fully saturated rings.